The fourth-order valence-corrected chi connectivity index (χ4v) is 3.14. The molecule has 0 aliphatic heterocycles. The van der Waals surface area contributed by atoms with Gasteiger partial charge in [-0.25, -0.2) is 0 Å². The summed E-state index contributed by atoms with van der Waals surface area (Å²) < 4.78 is 2.53. The lowest BCUT2D eigenvalue weighted by atomic mass is 10.2. The van der Waals surface area contributed by atoms with E-state index in [1.54, 1.807) is 0 Å². The van der Waals surface area contributed by atoms with Crippen molar-refractivity contribution < 1.29 is 0 Å². The molecule has 0 bridgehead atoms. The average Bonchev–Trinajstić information content (AvgIpc) is 2.04. The lowest BCUT2D eigenvalue weighted by molar-refractivity contribution is 1.40. The number of hydrogen-bond acceptors (Lipinski definition) is 1. The van der Waals surface area contributed by atoms with Gasteiger partial charge in [0.25, 0.3) is 0 Å². The minimum atomic E-state index is 1.08. The summed E-state index contributed by atoms with van der Waals surface area (Å²) in [5.41, 5.74) is 1.08. The minimum absolute atomic E-state index is 1.08. The maximum absolute atomic E-state index is 4.29. The molecule has 0 unspecified atom stereocenters. The first kappa shape index (κ1) is 8.68. The summed E-state index contributed by atoms with van der Waals surface area (Å²) in [7, 11) is 0. The first-order valence-electron chi connectivity index (χ1n) is 3.48. The molecule has 0 fully saturated rings. The molecule has 0 N–H and O–H groups in total. The molecule has 60 valence electrons. The Kier molecular flexibility index (Phi) is 2.49. The molecule has 0 spiro atoms. The van der Waals surface area contributed by atoms with Crippen LogP contribution in [-0.2, 0) is 0 Å². The zero-order valence-corrected chi connectivity index (χ0v) is 10.4. The van der Waals surface area contributed by atoms with Crippen molar-refractivity contribution in [1.82, 2.24) is 4.98 Å². The molecule has 1 aromatic carbocycles. The van der Waals surface area contributed by atoms with Gasteiger partial charge in [0, 0.05) is 18.7 Å². The van der Waals surface area contributed by atoms with E-state index >= 15 is 0 Å². The van der Waals surface area contributed by atoms with Crippen LogP contribution >= 0.6 is 45.2 Å². The van der Waals surface area contributed by atoms with Crippen molar-refractivity contribution in [3.05, 3.63) is 37.6 Å². The van der Waals surface area contributed by atoms with Gasteiger partial charge in [-0.1, -0.05) is 6.07 Å². The number of hydrogen-bond donors (Lipinski definition) is 0. The number of halogens is 2. The quantitative estimate of drug-likeness (QED) is 0.638. The molecule has 0 radical (unpaired) electrons. The van der Waals surface area contributed by atoms with Crippen LogP contribution in [0.15, 0.2) is 30.5 Å². The van der Waals surface area contributed by atoms with Gasteiger partial charge >= 0.3 is 0 Å². The smallest absolute Gasteiger partial charge is 0.0723 e. The predicted octanol–water partition coefficient (Wildman–Crippen LogP) is 3.44. The molecule has 0 atom stereocenters. The topological polar surface area (TPSA) is 12.9 Å². The van der Waals surface area contributed by atoms with Crippen LogP contribution in [0.3, 0.4) is 0 Å². The van der Waals surface area contributed by atoms with Crippen molar-refractivity contribution in [3.63, 3.8) is 0 Å². The van der Waals surface area contributed by atoms with Gasteiger partial charge in [-0.15, -0.1) is 0 Å². The Balaban J connectivity index is 2.96. The van der Waals surface area contributed by atoms with E-state index in [-0.39, 0.29) is 0 Å². The van der Waals surface area contributed by atoms with Crippen molar-refractivity contribution in [2.75, 3.05) is 0 Å². The van der Waals surface area contributed by atoms with Gasteiger partial charge in [0.15, 0.2) is 0 Å². The highest BCUT2D eigenvalue weighted by molar-refractivity contribution is 14.1. The molecule has 1 nitrogen and oxygen atoms in total. The third-order valence-corrected chi connectivity index (χ3v) is 3.46. The number of benzene rings is 1. The molecule has 2 aromatic rings. The third-order valence-electron chi connectivity index (χ3n) is 1.66. The van der Waals surface area contributed by atoms with Crippen LogP contribution in [0.2, 0.25) is 0 Å². The van der Waals surface area contributed by atoms with Gasteiger partial charge in [-0.2, -0.15) is 0 Å². The summed E-state index contributed by atoms with van der Waals surface area (Å²) in [6.07, 6.45) is 1.85. The molecule has 0 saturated heterocycles. The zero-order chi connectivity index (χ0) is 8.55. The van der Waals surface area contributed by atoms with Crippen LogP contribution in [0, 0.1) is 7.14 Å². The Bertz CT molecular complexity index is 389. The maximum Gasteiger partial charge on any atom is 0.0723 e. The highest BCUT2D eigenvalue weighted by atomic mass is 127. The van der Waals surface area contributed by atoms with Crippen LogP contribution in [-0.4, -0.2) is 4.98 Å². The zero-order valence-electron chi connectivity index (χ0n) is 6.09. The summed E-state index contributed by atoms with van der Waals surface area (Å²) >= 11 is 4.68. The van der Waals surface area contributed by atoms with E-state index in [4.69, 9.17) is 0 Å². The molecule has 0 aliphatic carbocycles. The number of rotatable bonds is 0. The molecular weight excluding hydrogens is 376 g/mol. The second-order valence-electron chi connectivity index (χ2n) is 2.43. The van der Waals surface area contributed by atoms with Crippen molar-refractivity contribution in [1.29, 1.82) is 0 Å². The summed E-state index contributed by atoms with van der Waals surface area (Å²) in [4.78, 5) is 4.29. The van der Waals surface area contributed by atoms with Crippen molar-refractivity contribution in [3.8, 4) is 0 Å². The molecule has 1 aromatic heterocycles. The summed E-state index contributed by atoms with van der Waals surface area (Å²) in [6.45, 7) is 0. The van der Waals surface area contributed by atoms with E-state index < -0.39 is 0 Å². The SMILES string of the molecule is Ic1cccc2nccc(I)c12. The van der Waals surface area contributed by atoms with Gasteiger partial charge < -0.3 is 0 Å². The molecule has 12 heavy (non-hydrogen) atoms. The van der Waals surface area contributed by atoms with Crippen LogP contribution in [0.5, 0.6) is 0 Å². The van der Waals surface area contributed by atoms with E-state index in [2.05, 4.69) is 56.2 Å². The first-order valence-corrected chi connectivity index (χ1v) is 5.63. The van der Waals surface area contributed by atoms with Crippen molar-refractivity contribution in [2.45, 2.75) is 0 Å². The Morgan fingerprint density at radius 1 is 1.00 bits per heavy atom. The maximum atomic E-state index is 4.29. The van der Waals surface area contributed by atoms with Crippen molar-refractivity contribution >= 4 is 56.1 Å². The van der Waals surface area contributed by atoms with E-state index in [1.807, 2.05) is 24.4 Å². The van der Waals surface area contributed by atoms with Gasteiger partial charge in [0.1, 0.15) is 0 Å². The van der Waals surface area contributed by atoms with E-state index in [0.717, 1.165) is 5.52 Å². The normalized spacial score (nSPS) is 10.5. The number of aromatic nitrogens is 1. The Labute approximate surface area is 97.9 Å². The fourth-order valence-electron chi connectivity index (χ4n) is 1.12. The Morgan fingerprint density at radius 3 is 2.50 bits per heavy atom. The van der Waals surface area contributed by atoms with Crippen LogP contribution < -0.4 is 0 Å². The summed E-state index contributed by atoms with van der Waals surface area (Å²) in [5.74, 6) is 0. The van der Waals surface area contributed by atoms with Gasteiger partial charge in [-0.05, 0) is 63.4 Å². The van der Waals surface area contributed by atoms with Gasteiger partial charge in [0.2, 0.25) is 0 Å². The molecule has 3 heteroatoms. The number of nitrogens with zero attached hydrogens (tertiary/aromatic N) is 1. The molecule has 0 amide bonds. The van der Waals surface area contributed by atoms with E-state index in [1.165, 1.54) is 12.5 Å². The lowest BCUT2D eigenvalue weighted by Crippen LogP contribution is -1.84. The molecule has 0 aliphatic rings. The molecular formula is C9H5I2N. The van der Waals surface area contributed by atoms with Gasteiger partial charge in [0.05, 0.1) is 5.52 Å². The Hall–Kier alpha value is 0.0900. The van der Waals surface area contributed by atoms with Crippen LogP contribution in [0.1, 0.15) is 0 Å². The molecule has 2 rings (SSSR count). The first-order chi connectivity index (χ1) is 5.79. The predicted molar refractivity (Wildman–Crippen MR) is 67.2 cm³/mol. The number of fused-ring (bicyclic) bond motifs is 1. The minimum Gasteiger partial charge on any atom is -0.256 e. The number of pyridine rings is 1. The van der Waals surface area contributed by atoms with E-state index in [0.29, 0.717) is 0 Å². The molecule has 0 saturated carbocycles. The highest BCUT2D eigenvalue weighted by Gasteiger charge is 2.01. The van der Waals surface area contributed by atoms with Crippen LogP contribution in [0.25, 0.3) is 10.9 Å². The fraction of sp³-hybridized carbons (Fsp3) is 0. The largest absolute Gasteiger partial charge is 0.256 e. The summed E-state index contributed by atoms with van der Waals surface area (Å²) in [6, 6.07) is 8.21. The van der Waals surface area contributed by atoms with E-state index in [9.17, 15) is 0 Å². The third kappa shape index (κ3) is 1.44. The average molecular weight is 381 g/mol. The second-order valence-corrected chi connectivity index (χ2v) is 4.75. The van der Waals surface area contributed by atoms with Crippen LogP contribution in [0.4, 0.5) is 0 Å². The van der Waals surface area contributed by atoms with Gasteiger partial charge in [-0.3, -0.25) is 4.98 Å². The second kappa shape index (κ2) is 3.45. The lowest BCUT2D eigenvalue weighted by Gasteiger charge is -2.00. The monoisotopic (exact) mass is 381 g/mol. The summed E-state index contributed by atoms with van der Waals surface area (Å²) in [5, 5.41) is 1.27. The van der Waals surface area contributed by atoms with Crippen molar-refractivity contribution in [2.24, 2.45) is 0 Å². The molecule has 1 heterocycles. The Morgan fingerprint density at radius 2 is 1.75 bits per heavy atom. The highest BCUT2D eigenvalue weighted by Crippen LogP contribution is 2.23. The standard InChI is InChI=1S/C9H5I2N/c10-6-2-1-3-8-9(6)7(11)4-5-12-8/h1-5H.